The summed E-state index contributed by atoms with van der Waals surface area (Å²) >= 11 is 0. The monoisotopic (exact) mass is 405 g/mol. The fourth-order valence-electron chi connectivity index (χ4n) is 3.38. The minimum atomic E-state index is -0.320. The van der Waals surface area contributed by atoms with E-state index >= 15 is 0 Å². The van der Waals surface area contributed by atoms with Crippen molar-refractivity contribution in [1.29, 1.82) is 0 Å². The molecule has 0 aliphatic carbocycles. The van der Waals surface area contributed by atoms with Gasteiger partial charge in [-0.05, 0) is 44.8 Å². The van der Waals surface area contributed by atoms with Crippen LogP contribution >= 0.6 is 0 Å². The van der Waals surface area contributed by atoms with E-state index in [2.05, 4.69) is 25.1 Å². The van der Waals surface area contributed by atoms with Gasteiger partial charge in [0, 0.05) is 62.0 Å². The maximum atomic E-state index is 9.95. The number of rotatable bonds is 7. The van der Waals surface area contributed by atoms with Crippen LogP contribution in [-0.2, 0) is 0 Å². The van der Waals surface area contributed by atoms with E-state index in [1.807, 2.05) is 50.6 Å². The van der Waals surface area contributed by atoms with Crippen LogP contribution in [0.25, 0.3) is 22.6 Å². The van der Waals surface area contributed by atoms with Crippen molar-refractivity contribution in [1.82, 2.24) is 24.8 Å². The molecule has 4 rings (SSSR count). The summed E-state index contributed by atoms with van der Waals surface area (Å²) in [6.07, 6.45) is 5.75. The van der Waals surface area contributed by atoms with Gasteiger partial charge in [-0.3, -0.25) is 4.98 Å². The van der Waals surface area contributed by atoms with Gasteiger partial charge in [-0.1, -0.05) is 0 Å². The molecular formula is C22H27N7O. The molecule has 1 saturated heterocycles. The summed E-state index contributed by atoms with van der Waals surface area (Å²) in [5.74, 6) is 2.26. The predicted molar refractivity (Wildman–Crippen MR) is 118 cm³/mol. The minimum Gasteiger partial charge on any atom is -0.391 e. The Kier molecular flexibility index (Phi) is 6.15. The third-order valence-electron chi connectivity index (χ3n) is 5.04. The van der Waals surface area contributed by atoms with E-state index < -0.39 is 0 Å². The second-order valence-corrected chi connectivity index (χ2v) is 7.73. The normalized spacial score (nSPS) is 16.3. The first kappa shape index (κ1) is 20.2. The van der Waals surface area contributed by atoms with Gasteiger partial charge in [0.1, 0.15) is 11.6 Å². The second kappa shape index (κ2) is 9.15. The van der Waals surface area contributed by atoms with Gasteiger partial charge in [0.2, 0.25) is 0 Å². The number of aromatic nitrogens is 4. The zero-order valence-electron chi connectivity index (χ0n) is 17.4. The predicted octanol–water partition coefficient (Wildman–Crippen LogP) is 2.15. The molecule has 0 spiro atoms. The molecule has 0 radical (unpaired) electrons. The van der Waals surface area contributed by atoms with Crippen LogP contribution in [0.15, 0.2) is 48.9 Å². The summed E-state index contributed by atoms with van der Waals surface area (Å²) in [4.78, 5) is 22.5. The average Bonchev–Trinajstić information content (AvgIpc) is 3.21. The molecule has 1 fully saturated rings. The van der Waals surface area contributed by atoms with Gasteiger partial charge in [0.15, 0.2) is 5.82 Å². The molecule has 8 nitrogen and oxygen atoms in total. The largest absolute Gasteiger partial charge is 0.391 e. The lowest BCUT2D eigenvalue weighted by atomic mass is 10.2. The molecule has 0 aromatic carbocycles. The second-order valence-electron chi connectivity index (χ2n) is 7.73. The summed E-state index contributed by atoms with van der Waals surface area (Å²) in [7, 11) is 4.09. The standard InChI is InChI=1S/C22H27N7O/c1-28(2)11-9-24-20-6-5-16(14-25-20)19-12-21(29-10-7-18(30)15-29)27-22(26-19)17-4-3-8-23-13-17/h3-6,8,12-14,18,30H,7,9-11,15H2,1-2H3,(H,24,25). The summed E-state index contributed by atoms with van der Waals surface area (Å²) in [5, 5.41) is 13.3. The van der Waals surface area contributed by atoms with Crippen LogP contribution in [-0.4, -0.2) is 76.3 Å². The Morgan fingerprint density at radius 3 is 2.73 bits per heavy atom. The first-order chi connectivity index (χ1) is 14.6. The molecule has 0 bridgehead atoms. The number of nitrogens with zero attached hydrogens (tertiary/aromatic N) is 6. The average molecular weight is 406 g/mol. The first-order valence-corrected chi connectivity index (χ1v) is 10.2. The first-order valence-electron chi connectivity index (χ1n) is 10.2. The molecule has 3 aromatic heterocycles. The smallest absolute Gasteiger partial charge is 0.163 e. The molecule has 8 heteroatoms. The van der Waals surface area contributed by atoms with E-state index in [1.165, 1.54) is 0 Å². The zero-order valence-corrected chi connectivity index (χ0v) is 17.4. The summed E-state index contributed by atoms with van der Waals surface area (Å²) in [5.41, 5.74) is 2.57. The van der Waals surface area contributed by atoms with Gasteiger partial charge < -0.3 is 20.2 Å². The lowest BCUT2D eigenvalue weighted by Crippen LogP contribution is -2.22. The van der Waals surface area contributed by atoms with Crippen molar-refractivity contribution in [2.24, 2.45) is 0 Å². The van der Waals surface area contributed by atoms with Crippen molar-refractivity contribution in [2.75, 3.05) is 50.5 Å². The van der Waals surface area contributed by atoms with Gasteiger partial charge in [-0.15, -0.1) is 0 Å². The van der Waals surface area contributed by atoms with Crippen LogP contribution in [0.4, 0.5) is 11.6 Å². The highest BCUT2D eigenvalue weighted by molar-refractivity contribution is 5.68. The van der Waals surface area contributed by atoms with Gasteiger partial charge in [-0.2, -0.15) is 0 Å². The number of aliphatic hydroxyl groups excluding tert-OH is 1. The SMILES string of the molecule is CN(C)CCNc1ccc(-c2cc(N3CCC(O)C3)nc(-c3cccnc3)n2)cn1. The van der Waals surface area contributed by atoms with Crippen molar-refractivity contribution in [2.45, 2.75) is 12.5 Å². The van der Waals surface area contributed by atoms with Gasteiger partial charge in [-0.25, -0.2) is 15.0 Å². The molecule has 1 aliphatic rings. The van der Waals surface area contributed by atoms with Crippen LogP contribution in [0.1, 0.15) is 6.42 Å². The molecule has 1 atom stereocenters. The highest BCUT2D eigenvalue weighted by Crippen LogP contribution is 2.27. The van der Waals surface area contributed by atoms with E-state index in [0.29, 0.717) is 12.4 Å². The lowest BCUT2D eigenvalue weighted by molar-refractivity contribution is 0.198. The maximum Gasteiger partial charge on any atom is 0.163 e. The Labute approximate surface area is 176 Å². The van der Waals surface area contributed by atoms with E-state index in [4.69, 9.17) is 9.97 Å². The van der Waals surface area contributed by atoms with Crippen LogP contribution < -0.4 is 10.2 Å². The Morgan fingerprint density at radius 1 is 1.17 bits per heavy atom. The quantitative estimate of drug-likeness (QED) is 0.618. The summed E-state index contributed by atoms with van der Waals surface area (Å²) in [6, 6.07) is 9.78. The Morgan fingerprint density at radius 2 is 2.07 bits per heavy atom. The summed E-state index contributed by atoms with van der Waals surface area (Å²) < 4.78 is 0. The van der Waals surface area contributed by atoms with Crippen molar-refractivity contribution in [3.05, 3.63) is 48.9 Å². The Bertz CT molecular complexity index is 963. The number of β-amino-alcohol motifs (C(OH)–C–C–N with tert-alkyl or cyclic N) is 1. The Hall–Kier alpha value is -3.10. The van der Waals surface area contributed by atoms with Gasteiger partial charge >= 0.3 is 0 Å². The molecule has 2 N–H and O–H groups in total. The van der Waals surface area contributed by atoms with Crippen LogP contribution in [0.3, 0.4) is 0 Å². The number of likely N-dealkylation sites (N-methyl/N-ethyl adjacent to an activating group) is 1. The number of aliphatic hydroxyl groups is 1. The number of pyridine rings is 2. The highest BCUT2D eigenvalue weighted by Gasteiger charge is 2.23. The maximum absolute atomic E-state index is 9.95. The fraction of sp³-hybridized carbons (Fsp3) is 0.364. The molecule has 1 aliphatic heterocycles. The van der Waals surface area contributed by atoms with Crippen molar-refractivity contribution in [3.8, 4) is 22.6 Å². The third-order valence-corrected chi connectivity index (χ3v) is 5.04. The van der Waals surface area contributed by atoms with Crippen molar-refractivity contribution < 1.29 is 5.11 Å². The molecule has 0 saturated carbocycles. The fourth-order valence-corrected chi connectivity index (χ4v) is 3.38. The van der Waals surface area contributed by atoms with Crippen LogP contribution in [0.2, 0.25) is 0 Å². The number of hydrogen-bond acceptors (Lipinski definition) is 8. The molecular weight excluding hydrogens is 378 g/mol. The van der Waals surface area contributed by atoms with Crippen molar-refractivity contribution in [3.63, 3.8) is 0 Å². The third kappa shape index (κ3) is 4.90. The van der Waals surface area contributed by atoms with Crippen LogP contribution in [0, 0.1) is 0 Å². The number of hydrogen-bond donors (Lipinski definition) is 2. The van der Waals surface area contributed by atoms with E-state index in [9.17, 15) is 5.11 Å². The van der Waals surface area contributed by atoms with E-state index in [1.54, 1.807) is 12.4 Å². The topological polar surface area (TPSA) is 90.3 Å². The molecule has 30 heavy (non-hydrogen) atoms. The van der Waals surface area contributed by atoms with E-state index in [0.717, 1.165) is 54.5 Å². The zero-order chi connectivity index (χ0) is 20.9. The molecule has 0 amide bonds. The molecule has 1 unspecified atom stereocenters. The van der Waals surface area contributed by atoms with Gasteiger partial charge in [0.25, 0.3) is 0 Å². The molecule has 4 heterocycles. The van der Waals surface area contributed by atoms with Crippen molar-refractivity contribution >= 4 is 11.6 Å². The van der Waals surface area contributed by atoms with Gasteiger partial charge in [0.05, 0.1) is 11.8 Å². The summed E-state index contributed by atoms with van der Waals surface area (Å²) in [6.45, 7) is 3.13. The Balaban J connectivity index is 1.63. The van der Waals surface area contributed by atoms with E-state index in [-0.39, 0.29) is 6.10 Å². The molecule has 156 valence electrons. The number of anilines is 2. The van der Waals surface area contributed by atoms with Crippen LogP contribution in [0.5, 0.6) is 0 Å². The molecule has 3 aromatic rings. The number of nitrogens with one attached hydrogen (secondary N) is 1. The minimum absolute atomic E-state index is 0.320. The highest BCUT2D eigenvalue weighted by atomic mass is 16.3. The lowest BCUT2D eigenvalue weighted by Gasteiger charge is -2.18.